The van der Waals surface area contributed by atoms with Crippen LogP contribution in [-0.4, -0.2) is 36.8 Å². The van der Waals surface area contributed by atoms with Crippen molar-refractivity contribution in [1.29, 1.82) is 0 Å². The largest absolute Gasteiger partial charge is 0.465 e. The summed E-state index contributed by atoms with van der Waals surface area (Å²) in [5.41, 5.74) is 1.92. The smallest absolute Gasteiger partial charge is 0.337 e. The molecule has 0 N–H and O–H groups in total. The van der Waals surface area contributed by atoms with E-state index >= 15 is 0 Å². The number of benzene rings is 2. The van der Waals surface area contributed by atoms with Gasteiger partial charge in [-0.25, -0.2) is 4.79 Å². The van der Waals surface area contributed by atoms with Crippen molar-refractivity contribution in [2.24, 2.45) is 4.99 Å². The number of carbonyl (C=O) groups excluding carboxylic acids is 2. The first-order chi connectivity index (χ1) is 13.5. The molecule has 3 aromatic rings. The summed E-state index contributed by atoms with van der Waals surface area (Å²) in [4.78, 5) is 29.5. The minimum absolute atomic E-state index is 0.296. The lowest BCUT2D eigenvalue weighted by Crippen LogP contribution is -2.20. The predicted octanol–water partition coefficient (Wildman–Crippen LogP) is 3.87. The Balaban J connectivity index is 2.10. The van der Waals surface area contributed by atoms with Crippen molar-refractivity contribution in [2.75, 3.05) is 20.3 Å². The number of rotatable bonds is 6. The van der Waals surface area contributed by atoms with E-state index in [1.807, 2.05) is 35.8 Å². The van der Waals surface area contributed by atoms with Crippen LogP contribution in [0.5, 0.6) is 0 Å². The number of methoxy groups -OCH3 is 1. The molecule has 0 unspecified atom stereocenters. The second kappa shape index (κ2) is 9.44. The molecule has 1 heterocycles. The van der Waals surface area contributed by atoms with E-state index in [-0.39, 0.29) is 5.91 Å². The van der Waals surface area contributed by atoms with E-state index in [4.69, 9.17) is 9.47 Å². The third-order valence-corrected chi connectivity index (χ3v) is 6.05. The van der Waals surface area contributed by atoms with Crippen LogP contribution < -0.4 is 4.80 Å². The number of esters is 1. The molecule has 8 heteroatoms. The number of hydrogen-bond acceptors (Lipinski definition) is 5. The van der Waals surface area contributed by atoms with Gasteiger partial charge in [0, 0.05) is 16.7 Å². The lowest BCUT2D eigenvalue weighted by molar-refractivity contribution is 0.0600. The van der Waals surface area contributed by atoms with Gasteiger partial charge in [0.15, 0.2) is 4.80 Å². The molecule has 0 radical (unpaired) electrons. The summed E-state index contributed by atoms with van der Waals surface area (Å²) in [6, 6.07) is 12.7. The van der Waals surface area contributed by atoms with Crippen molar-refractivity contribution in [2.45, 2.75) is 13.5 Å². The molecule has 0 bridgehead atoms. The number of hydrogen-bond donors (Lipinski definition) is 0. The van der Waals surface area contributed by atoms with Gasteiger partial charge >= 0.3 is 5.97 Å². The van der Waals surface area contributed by atoms with Gasteiger partial charge in [0.25, 0.3) is 5.91 Å². The van der Waals surface area contributed by atoms with Crippen LogP contribution in [0, 0.1) is 3.57 Å². The molecule has 146 valence electrons. The van der Waals surface area contributed by atoms with Gasteiger partial charge in [0.1, 0.15) is 0 Å². The molecule has 0 saturated heterocycles. The molecular weight excluding hydrogens is 491 g/mol. The van der Waals surface area contributed by atoms with Crippen LogP contribution in [0.3, 0.4) is 0 Å². The monoisotopic (exact) mass is 510 g/mol. The SMILES string of the molecule is CCOCCn1c(=NC(=O)c2ccccc2I)sc2cc(C(=O)OC)ccc21. The highest BCUT2D eigenvalue weighted by Gasteiger charge is 2.13. The topological polar surface area (TPSA) is 69.9 Å². The molecular formula is C20H19IN2O4S. The molecule has 2 aromatic carbocycles. The van der Waals surface area contributed by atoms with Crippen LogP contribution in [-0.2, 0) is 16.0 Å². The summed E-state index contributed by atoms with van der Waals surface area (Å²) in [6.07, 6.45) is 0. The Labute approximate surface area is 180 Å². The third-order valence-electron chi connectivity index (χ3n) is 4.07. The molecule has 0 aliphatic heterocycles. The minimum Gasteiger partial charge on any atom is -0.465 e. The first-order valence-corrected chi connectivity index (χ1v) is 10.6. The van der Waals surface area contributed by atoms with Gasteiger partial charge in [-0.2, -0.15) is 4.99 Å². The first-order valence-electron chi connectivity index (χ1n) is 8.68. The van der Waals surface area contributed by atoms with Gasteiger partial charge in [-0.15, -0.1) is 0 Å². The maximum Gasteiger partial charge on any atom is 0.337 e. The molecule has 0 saturated carbocycles. The summed E-state index contributed by atoms with van der Waals surface area (Å²) in [5.74, 6) is -0.695. The van der Waals surface area contributed by atoms with Gasteiger partial charge in [-0.05, 0) is 59.8 Å². The Kier molecular flexibility index (Phi) is 6.97. The van der Waals surface area contributed by atoms with Gasteiger partial charge < -0.3 is 14.0 Å². The molecule has 6 nitrogen and oxygen atoms in total. The molecule has 0 atom stereocenters. The molecule has 1 aromatic heterocycles. The van der Waals surface area contributed by atoms with E-state index in [0.29, 0.717) is 35.7 Å². The van der Waals surface area contributed by atoms with Crippen molar-refractivity contribution >= 4 is 56.0 Å². The second-order valence-electron chi connectivity index (χ2n) is 5.80. The van der Waals surface area contributed by atoms with Crippen molar-refractivity contribution in [3.8, 4) is 0 Å². The molecule has 28 heavy (non-hydrogen) atoms. The van der Waals surface area contributed by atoms with E-state index in [1.165, 1.54) is 18.4 Å². The van der Waals surface area contributed by atoms with E-state index in [0.717, 1.165) is 13.8 Å². The van der Waals surface area contributed by atoms with Crippen LogP contribution in [0.2, 0.25) is 0 Å². The maximum atomic E-state index is 12.7. The zero-order chi connectivity index (χ0) is 20.1. The number of nitrogens with zero attached hydrogens (tertiary/aromatic N) is 2. The molecule has 0 fully saturated rings. The highest BCUT2D eigenvalue weighted by Crippen LogP contribution is 2.20. The lowest BCUT2D eigenvalue weighted by atomic mass is 10.2. The fraction of sp³-hybridized carbons (Fsp3) is 0.250. The summed E-state index contributed by atoms with van der Waals surface area (Å²) >= 11 is 3.49. The minimum atomic E-state index is -0.399. The van der Waals surface area contributed by atoms with E-state index in [1.54, 1.807) is 18.2 Å². The number of ether oxygens (including phenoxy) is 2. The van der Waals surface area contributed by atoms with Crippen LogP contribution in [0.4, 0.5) is 0 Å². The predicted molar refractivity (Wildman–Crippen MR) is 117 cm³/mol. The zero-order valence-electron chi connectivity index (χ0n) is 15.5. The Hall–Kier alpha value is -2.04. The average Bonchev–Trinajstić information content (AvgIpc) is 3.04. The number of thiazole rings is 1. The number of amides is 1. The fourth-order valence-corrected chi connectivity index (χ4v) is 4.41. The molecule has 3 rings (SSSR count). The summed E-state index contributed by atoms with van der Waals surface area (Å²) in [5, 5.41) is 0. The van der Waals surface area contributed by atoms with Crippen molar-refractivity contribution < 1.29 is 19.1 Å². The summed E-state index contributed by atoms with van der Waals surface area (Å²) in [6.45, 7) is 3.61. The molecule has 0 spiro atoms. The standard InChI is InChI=1S/C20H19IN2O4S/c1-3-27-11-10-23-16-9-8-13(19(25)26-2)12-17(16)28-20(23)22-18(24)14-6-4-5-7-15(14)21/h4-9,12H,3,10-11H2,1-2H3. The van der Waals surface area contributed by atoms with Crippen molar-refractivity contribution in [1.82, 2.24) is 4.57 Å². The Morgan fingerprint density at radius 1 is 1.21 bits per heavy atom. The molecule has 1 amide bonds. The summed E-state index contributed by atoms with van der Waals surface area (Å²) in [7, 11) is 1.35. The average molecular weight is 510 g/mol. The highest BCUT2D eigenvalue weighted by atomic mass is 127. The highest BCUT2D eigenvalue weighted by molar-refractivity contribution is 14.1. The Morgan fingerprint density at radius 2 is 2.00 bits per heavy atom. The van der Waals surface area contributed by atoms with Crippen LogP contribution in [0.15, 0.2) is 47.5 Å². The van der Waals surface area contributed by atoms with Crippen LogP contribution in [0.1, 0.15) is 27.6 Å². The number of halogens is 1. The van der Waals surface area contributed by atoms with Crippen LogP contribution >= 0.6 is 33.9 Å². The number of aromatic nitrogens is 1. The van der Waals surface area contributed by atoms with Crippen molar-refractivity contribution in [3.63, 3.8) is 0 Å². The van der Waals surface area contributed by atoms with Gasteiger partial charge in [0.2, 0.25) is 0 Å². The second-order valence-corrected chi connectivity index (χ2v) is 7.98. The summed E-state index contributed by atoms with van der Waals surface area (Å²) < 4.78 is 13.9. The number of fused-ring (bicyclic) bond motifs is 1. The van der Waals surface area contributed by atoms with E-state index < -0.39 is 5.97 Å². The van der Waals surface area contributed by atoms with E-state index in [9.17, 15) is 9.59 Å². The van der Waals surface area contributed by atoms with Gasteiger partial charge in [-0.1, -0.05) is 23.5 Å². The van der Waals surface area contributed by atoms with E-state index in [2.05, 4.69) is 27.6 Å². The normalized spacial score (nSPS) is 11.8. The molecule has 0 aliphatic rings. The van der Waals surface area contributed by atoms with Gasteiger partial charge in [-0.3, -0.25) is 4.79 Å². The van der Waals surface area contributed by atoms with Crippen LogP contribution in [0.25, 0.3) is 10.2 Å². The lowest BCUT2D eigenvalue weighted by Gasteiger charge is -2.06. The van der Waals surface area contributed by atoms with Gasteiger partial charge in [0.05, 0.1) is 35.1 Å². The third kappa shape index (κ3) is 4.50. The Morgan fingerprint density at radius 3 is 2.71 bits per heavy atom. The quantitative estimate of drug-likeness (QED) is 0.287. The zero-order valence-corrected chi connectivity index (χ0v) is 18.5. The Bertz CT molecular complexity index is 1090. The van der Waals surface area contributed by atoms with Crippen molar-refractivity contribution in [3.05, 3.63) is 62.0 Å². The maximum absolute atomic E-state index is 12.7. The fourth-order valence-electron chi connectivity index (χ4n) is 2.70. The first kappa shape index (κ1) is 20.7. The molecule has 0 aliphatic carbocycles. The number of carbonyl (C=O) groups is 2.